The third-order valence-corrected chi connectivity index (χ3v) is 3.19. The number of aryl methyl sites for hydroxylation is 4. The molecular weight excluding hydrogens is 424 g/mol. The molecule has 0 amide bonds. The summed E-state index contributed by atoms with van der Waals surface area (Å²) in [5.74, 6) is 0. The minimum atomic E-state index is -4.11. The molecule has 0 fully saturated rings. The fraction of sp³-hybridized carbons (Fsp3) is 0.625. The molecule has 0 spiro atoms. The maximum absolute atomic E-state index is 8.59. The van der Waals surface area contributed by atoms with Gasteiger partial charge >= 0.3 is 30.4 Å². The predicted octanol–water partition coefficient (Wildman–Crippen LogP) is -0.652. The van der Waals surface area contributed by atoms with Gasteiger partial charge in [0.05, 0.1) is 27.2 Å². The molecule has 24 heavy (non-hydrogen) atoms. The Kier molecular flexibility index (Phi) is 13.7. The molecule has 0 aliphatic carbocycles. The first-order valence-corrected chi connectivity index (χ1v) is 11.0. The quantitative estimate of drug-likeness (QED) is 0.430. The van der Waals surface area contributed by atoms with E-state index in [2.05, 4.69) is 69.6 Å². The molecular formula is C16H30N4O3Te. The van der Waals surface area contributed by atoms with Crippen LogP contribution < -0.4 is 16.1 Å². The Morgan fingerprint density at radius 3 is 1.42 bits per heavy atom. The summed E-state index contributed by atoms with van der Waals surface area (Å²) in [5, 5.41) is 0. The Labute approximate surface area is 152 Å². The molecule has 0 N–H and O–H groups in total. The van der Waals surface area contributed by atoms with Gasteiger partial charge in [0, 0.05) is 0 Å². The number of unbranched alkanes of at least 4 members (excludes halogenated alkanes) is 2. The number of hydrogen-bond acceptors (Lipinski definition) is 3. The average molecular weight is 454 g/mol. The van der Waals surface area contributed by atoms with Gasteiger partial charge in [0.15, 0.2) is 0 Å². The summed E-state index contributed by atoms with van der Waals surface area (Å²) in [6, 6.07) is 0. The molecule has 2 aromatic rings. The van der Waals surface area contributed by atoms with Crippen LogP contribution in [0.1, 0.15) is 39.5 Å². The van der Waals surface area contributed by atoms with E-state index in [0.29, 0.717) is 0 Å². The van der Waals surface area contributed by atoms with Gasteiger partial charge in [-0.15, -0.1) is 0 Å². The van der Waals surface area contributed by atoms with Crippen molar-refractivity contribution in [2.75, 3.05) is 0 Å². The summed E-state index contributed by atoms with van der Waals surface area (Å²) in [7, 11) is 4.09. The zero-order valence-corrected chi connectivity index (χ0v) is 17.5. The van der Waals surface area contributed by atoms with Gasteiger partial charge in [-0.3, -0.25) is 0 Å². The number of nitrogens with zero attached hydrogens (tertiary/aromatic N) is 4. The second-order valence-electron chi connectivity index (χ2n) is 5.55. The first-order chi connectivity index (χ1) is 11.4. The third kappa shape index (κ3) is 13.4. The number of hydrogen-bond donors (Lipinski definition) is 0. The van der Waals surface area contributed by atoms with E-state index in [0.717, 1.165) is 13.1 Å². The monoisotopic (exact) mass is 456 g/mol. The molecule has 0 aliphatic rings. The Morgan fingerprint density at radius 1 is 0.875 bits per heavy atom. The van der Waals surface area contributed by atoms with E-state index in [1.54, 1.807) is 0 Å². The number of imidazole rings is 2. The van der Waals surface area contributed by atoms with Crippen molar-refractivity contribution in [3.05, 3.63) is 37.4 Å². The van der Waals surface area contributed by atoms with Crippen LogP contribution in [-0.2, 0) is 30.3 Å². The van der Waals surface area contributed by atoms with E-state index < -0.39 is 20.4 Å². The Morgan fingerprint density at radius 2 is 1.21 bits per heavy atom. The van der Waals surface area contributed by atoms with Crippen LogP contribution >= 0.6 is 0 Å². The fourth-order valence-corrected chi connectivity index (χ4v) is 1.95. The summed E-state index contributed by atoms with van der Waals surface area (Å²) < 4.78 is 34.3. The molecule has 0 saturated heterocycles. The maximum atomic E-state index is 8.59. The molecule has 0 saturated carbocycles. The Bertz CT molecular complexity index is 521. The van der Waals surface area contributed by atoms with Crippen molar-refractivity contribution in [1.82, 2.24) is 9.13 Å². The van der Waals surface area contributed by atoms with E-state index >= 15 is 0 Å². The van der Waals surface area contributed by atoms with Gasteiger partial charge in [-0.2, -0.15) is 0 Å². The van der Waals surface area contributed by atoms with Crippen LogP contribution in [0.2, 0.25) is 0 Å². The van der Waals surface area contributed by atoms with Gasteiger partial charge in [-0.1, -0.05) is 26.7 Å². The van der Waals surface area contributed by atoms with E-state index in [1.165, 1.54) is 25.7 Å². The molecule has 0 unspecified atom stereocenters. The van der Waals surface area contributed by atoms with Gasteiger partial charge < -0.3 is 0 Å². The van der Waals surface area contributed by atoms with Gasteiger partial charge in [-0.05, 0) is 12.8 Å². The van der Waals surface area contributed by atoms with E-state index in [1.807, 2.05) is 14.1 Å². The zero-order chi connectivity index (χ0) is 18.4. The molecule has 0 bridgehead atoms. The molecule has 0 aliphatic heterocycles. The molecule has 2 aromatic heterocycles. The molecule has 7 nitrogen and oxygen atoms in total. The van der Waals surface area contributed by atoms with Crippen LogP contribution in [-0.4, -0.2) is 29.5 Å². The molecule has 138 valence electrons. The summed E-state index contributed by atoms with van der Waals surface area (Å²) in [6.07, 6.45) is 17.6. The first-order valence-electron chi connectivity index (χ1n) is 8.17. The van der Waals surface area contributed by atoms with E-state index in [-0.39, 0.29) is 0 Å². The fourth-order valence-electron chi connectivity index (χ4n) is 1.95. The second kappa shape index (κ2) is 14.3. The summed E-state index contributed by atoms with van der Waals surface area (Å²) in [4.78, 5) is 0. The van der Waals surface area contributed by atoms with Crippen LogP contribution in [0.25, 0.3) is 0 Å². The average Bonchev–Trinajstić information content (AvgIpc) is 3.11. The van der Waals surface area contributed by atoms with Crippen molar-refractivity contribution in [2.45, 2.75) is 52.6 Å². The normalized spacial score (nSPS) is 9.96. The van der Waals surface area contributed by atoms with Crippen LogP contribution in [0.5, 0.6) is 0 Å². The summed E-state index contributed by atoms with van der Waals surface area (Å²) in [5.41, 5.74) is 0. The Balaban J connectivity index is 0.000000363. The molecule has 2 heterocycles. The van der Waals surface area contributed by atoms with Crippen molar-refractivity contribution in [3.8, 4) is 0 Å². The molecule has 2 rings (SSSR count). The number of rotatable bonds is 6. The minimum absolute atomic E-state index is 1.15. The molecule has 0 atom stereocenters. The van der Waals surface area contributed by atoms with Crippen LogP contribution in [0.3, 0.4) is 0 Å². The summed E-state index contributed by atoms with van der Waals surface area (Å²) >= 11 is -4.11. The van der Waals surface area contributed by atoms with Crippen molar-refractivity contribution >= 4 is 20.4 Å². The topological polar surface area (TPSA) is 80.8 Å². The first kappa shape index (κ1) is 22.9. The van der Waals surface area contributed by atoms with Crippen molar-refractivity contribution in [2.24, 2.45) is 14.1 Å². The number of aromatic nitrogens is 4. The van der Waals surface area contributed by atoms with Gasteiger partial charge in [0.2, 0.25) is 12.7 Å². The summed E-state index contributed by atoms with van der Waals surface area (Å²) in [6.45, 7) is 6.72. The molecule has 0 radical (unpaired) electrons. The van der Waals surface area contributed by atoms with Gasteiger partial charge in [-0.25, -0.2) is 18.3 Å². The van der Waals surface area contributed by atoms with Crippen molar-refractivity contribution in [1.29, 1.82) is 0 Å². The zero-order valence-electron chi connectivity index (χ0n) is 15.1. The third-order valence-electron chi connectivity index (χ3n) is 3.19. The standard InChI is InChI=1S/2C8H15N2.H2O3Te/c2*1-3-4-5-10-7-6-9(2)8-10;1-4(2)3/h2*6-8H,3-5H2,1-2H3;(H2,1,2,3)/q2*+1;/p-2. The van der Waals surface area contributed by atoms with Gasteiger partial charge in [0.25, 0.3) is 0 Å². The van der Waals surface area contributed by atoms with Crippen molar-refractivity contribution < 1.29 is 19.2 Å². The van der Waals surface area contributed by atoms with Crippen LogP contribution in [0.15, 0.2) is 37.4 Å². The van der Waals surface area contributed by atoms with E-state index in [9.17, 15) is 0 Å². The van der Waals surface area contributed by atoms with Gasteiger partial charge in [0.1, 0.15) is 24.8 Å². The molecule has 0 aromatic carbocycles. The van der Waals surface area contributed by atoms with E-state index in [4.69, 9.17) is 10.0 Å². The predicted molar refractivity (Wildman–Crippen MR) is 87.5 cm³/mol. The Hall–Kier alpha value is -1.07. The van der Waals surface area contributed by atoms with Crippen molar-refractivity contribution in [3.63, 3.8) is 0 Å². The second-order valence-corrected chi connectivity index (χ2v) is 6.71. The van der Waals surface area contributed by atoms with Crippen LogP contribution in [0, 0.1) is 0 Å². The molecule has 8 heteroatoms. The van der Waals surface area contributed by atoms with Crippen LogP contribution in [0.4, 0.5) is 0 Å². The SMILES string of the molecule is CCCCn1cc[n+](C)c1.CCCCn1cc[n+](C)c1.O=[Te]([O-])[O-].